The van der Waals surface area contributed by atoms with Crippen LogP contribution in [0.1, 0.15) is 99.3 Å². The van der Waals surface area contributed by atoms with Crippen LogP contribution >= 0.6 is 0 Å². The number of hydrogen-bond acceptors (Lipinski definition) is 7. The highest BCUT2D eigenvalue weighted by Crippen LogP contribution is 2.68. The maximum absolute atomic E-state index is 13.3. The molecule has 3 saturated carbocycles. The third kappa shape index (κ3) is 4.18. The molecule has 0 unspecified atom stereocenters. The number of ketones is 1. The highest BCUT2D eigenvalue weighted by atomic mass is 16.6. The predicted octanol–water partition coefficient (Wildman–Crippen LogP) is 3.45. The number of rotatable bonds is 6. The third-order valence-electron chi connectivity index (χ3n) is 10.9. The van der Waals surface area contributed by atoms with E-state index in [9.17, 15) is 30.0 Å². The van der Waals surface area contributed by atoms with E-state index in [0.29, 0.717) is 38.5 Å². The molecule has 7 heteroatoms. The number of carbonyl (C=O) groups is 2. The summed E-state index contributed by atoms with van der Waals surface area (Å²) in [6.45, 7) is 10.8. The van der Waals surface area contributed by atoms with Crippen molar-refractivity contribution in [2.75, 3.05) is 0 Å². The number of carbonyl (C=O) groups excluding carboxylic acids is 2. The van der Waals surface area contributed by atoms with Crippen LogP contribution in [0.15, 0.2) is 11.6 Å². The van der Waals surface area contributed by atoms with Crippen LogP contribution in [0, 0.1) is 28.6 Å². The lowest BCUT2D eigenvalue weighted by molar-refractivity contribution is -0.174. The molecule has 3 fully saturated rings. The summed E-state index contributed by atoms with van der Waals surface area (Å²) in [5.41, 5.74) is -3.60. The van der Waals surface area contributed by atoms with Gasteiger partial charge in [0.1, 0.15) is 5.60 Å². The molecule has 0 amide bonds. The van der Waals surface area contributed by atoms with Gasteiger partial charge in [-0.3, -0.25) is 9.59 Å². The number of ether oxygens (including phenoxy) is 1. The van der Waals surface area contributed by atoms with Crippen LogP contribution in [-0.4, -0.2) is 61.2 Å². The number of fused-ring (bicyclic) bond motifs is 5. The fourth-order valence-electron chi connectivity index (χ4n) is 8.70. The summed E-state index contributed by atoms with van der Waals surface area (Å²) in [6, 6.07) is 0. The number of aliphatic hydroxyl groups is 4. The van der Waals surface area contributed by atoms with Gasteiger partial charge < -0.3 is 25.2 Å². The Balaban J connectivity index is 1.59. The minimum Gasteiger partial charge on any atom is -0.460 e. The Hall–Kier alpha value is -1.28. The number of aliphatic hydroxyl groups excluding tert-OH is 2. The molecule has 0 bridgehead atoms. The van der Waals surface area contributed by atoms with Crippen molar-refractivity contribution in [3.63, 3.8) is 0 Å². The summed E-state index contributed by atoms with van der Waals surface area (Å²) in [6.07, 6.45) is 5.21. The molecule has 36 heavy (non-hydrogen) atoms. The van der Waals surface area contributed by atoms with E-state index < -0.39 is 34.4 Å². The van der Waals surface area contributed by atoms with E-state index in [1.54, 1.807) is 26.8 Å². The highest BCUT2D eigenvalue weighted by Gasteiger charge is 2.68. The van der Waals surface area contributed by atoms with Crippen LogP contribution in [0.5, 0.6) is 0 Å². The fourth-order valence-corrected chi connectivity index (χ4v) is 8.70. The highest BCUT2D eigenvalue weighted by molar-refractivity contribution is 5.95. The summed E-state index contributed by atoms with van der Waals surface area (Å²) < 4.78 is 5.35. The minimum absolute atomic E-state index is 0.00289. The Morgan fingerprint density at radius 1 is 1.14 bits per heavy atom. The van der Waals surface area contributed by atoms with Crippen molar-refractivity contribution in [1.82, 2.24) is 0 Å². The molecule has 0 aromatic rings. The van der Waals surface area contributed by atoms with Gasteiger partial charge in [-0.1, -0.05) is 13.8 Å². The van der Waals surface area contributed by atoms with E-state index >= 15 is 0 Å². The van der Waals surface area contributed by atoms with Crippen molar-refractivity contribution in [2.45, 2.75) is 128 Å². The molecule has 0 heterocycles. The molecule has 4 aliphatic rings. The average molecular weight is 507 g/mol. The van der Waals surface area contributed by atoms with Gasteiger partial charge in [-0.05, 0) is 107 Å². The first-order valence-electron chi connectivity index (χ1n) is 13.7. The molecule has 9 atom stereocenters. The average Bonchev–Trinajstić information content (AvgIpc) is 3.05. The van der Waals surface area contributed by atoms with E-state index in [1.165, 1.54) is 6.92 Å². The van der Waals surface area contributed by atoms with Gasteiger partial charge in [-0.2, -0.15) is 0 Å². The summed E-state index contributed by atoms with van der Waals surface area (Å²) in [5, 5.41) is 45.4. The zero-order valence-corrected chi connectivity index (χ0v) is 22.8. The van der Waals surface area contributed by atoms with Crippen molar-refractivity contribution in [3.05, 3.63) is 11.6 Å². The second-order valence-corrected chi connectivity index (χ2v) is 13.6. The molecular formula is C29H46O7. The lowest BCUT2D eigenvalue weighted by atomic mass is 9.46. The van der Waals surface area contributed by atoms with Gasteiger partial charge in [-0.15, -0.1) is 0 Å². The molecular weight excluding hydrogens is 460 g/mol. The van der Waals surface area contributed by atoms with Crippen LogP contribution < -0.4 is 0 Å². The minimum atomic E-state index is -1.46. The van der Waals surface area contributed by atoms with Gasteiger partial charge in [0.25, 0.3) is 0 Å². The fraction of sp³-hybridized carbons (Fsp3) is 0.862. The SMILES string of the molecule is CC(=O)OC(C)(C)CC[C@@H](O)[C@](C)(O)[C@H]1CC[C@@]2(O)C3=CC(=O)[C@@H]4C[C@@H](O)CC[C@]4(C)[C@H]3CC[C@]12C. The smallest absolute Gasteiger partial charge is 0.303 e. The first-order valence-corrected chi connectivity index (χ1v) is 13.7. The van der Waals surface area contributed by atoms with E-state index in [0.717, 1.165) is 18.4 Å². The molecule has 4 N–H and O–H groups in total. The summed E-state index contributed by atoms with van der Waals surface area (Å²) in [5.74, 6) is -0.889. The van der Waals surface area contributed by atoms with E-state index in [4.69, 9.17) is 4.74 Å². The van der Waals surface area contributed by atoms with Crippen LogP contribution in [0.3, 0.4) is 0 Å². The maximum atomic E-state index is 13.3. The molecule has 0 aromatic carbocycles. The normalized spacial score (nSPS) is 42.9. The van der Waals surface area contributed by atoms with Gasteiger partial charge in [0.2, 0.25) is 0 Å². The molecule has 0 aromatic heterocycles. The lowest BCUT2D eigenvalue weighted by Gasteiger charge is -2.60. The van der Waals surface area contributed by atoms with Crippen LogP contribution in [0.25, 0.3) is 0 Å². The lowest BCUT2D eigenvalue weighted by Crippen LogP contribution is -2.62. The molecule has 0 saturated heterocycles. The topological polar surface area (TPSA) is 124 Å². The molecule has 4 rings (SSSR count). The van der Waals surface area contributed by atoms with Gasteiger partial charge in [0, 0.05) is 18.3 Å². The second-order valence-electron chi connectivity index (χ2n) is 13.6. The molecule has 0 aliphatic heterocycles. The Morgan fingerprint density at radius 3 is 2.44 bits per heavy atom. The Bertz CT molecular complexity index is 938. The van der Waals surface area contributed by atoms with Crippen molar-refractivity contribution >= 4 is 11.8 Å². The first kappa shape index (κ1) is 27.7. The molecule has 4 aliphatic carbocycles. The Morgan fingerprint density at radius 2 is 1.81 bits per heavy atom. The van der Waals surface area contributed by atoms with Crippen molar-refractivity contribution in [3.8, 4) is 0 Å². The second kappa shape index (κ2) is 8.89. The van der Waals surface area contributed by atoms with Crippen LogP contribution in [0.2, 0.25) is 0 Å². The van der Waals surface area contributed by atoms with Gasteiger partial charge >= 0.3 is 5.97 Å². The molecule has 0 spiro atoms. The Kier molecular flexibility index (Phi) is 6.85. The maximum Gasteiger partial charge on any atom is 0.303 e. The van der Waals surface area contributed by atoms with Crippen molar-refractivity contribution in [1.29, 1.82) is 0 Å². The zero-order valence-electron chi connectivity index (χ0n) is 22.8. The number of allylic oxidation sites excluding steroid dienone is 1. The largest absolute Gasteiger partial charge is 0.460 e. The number of hydrogen-bond donors (Lipinski definition) is 4. The third-order valence-corrected chi connectivity index (χ3v) is 10.9. The zero-order chi connectivity index (χ0) is 26.9. The van der Waals surface area contributed by atoms with E-state index in [2.05, 4.69) is 6.92 Å². The quantitative estimate of drug-likeness (QED) is 0.407. The van der Waals surface area contributed by atoms with Gasteiger partial charge in [0.15, 0.2) is 5.78 Å². The van der Waals surface area contributed by atoms with Crippen molar-refractivity contribution < 1.29 is 34.8 Å². The Labute approximate surface area is 215 Å². The molecule has 204 valence electrons. The summed E-state index contributed by atoms with van der Waals surface area (Å²) in [7, 11) is 0. The van der Waals surface area contributed by atoms with Crippen LogP contribution in [-0.2, 0) is 14.3 Å². The summed E-state index contributed by atoms with van der Waals surface area (Å²) >= 11 is 0. The molecule has 0 radical (unpaired) electrons. The molecule has 7 nitrogen and oxygen atoms in total. The van der Waals surface area contributed by atoms with Crippen LogP contribution in [0.4, 0.5) is 0 Å². The van der Waals surface area contributed by atoms with Crippen molar-refractivity contribution in [2.24, 2.45) is 28.6 Å². The first-order chi connectivity index (χ1) is 16.5. The van der Waals surface area contributed by atoms with E-state index in [1.807, 2.05) is 6.92 Å². The summed E-state index contributed by atoms with van der Waals surface area (Å²) in [4.78, 5) is 24.7. The standard InChI is InChI=1S/C29H46O7/c1-17(30)36-25(2,3)11-10-24(33)28(6,34)23-9-14-29(35)20-16-22(32)21-15-18(31)7-12-26(21,4)19(20)8-13-27(23,29)5/h16,18-19,21,23-24,31,33-35H,7-15H2,1-6H3/t18-,19-,21-,23-,24+,26+,27+,28+,29+/m0/s1. The predicted molar refractivity (Wildman–Crippen MR) is 135 cm³/mol. The monoisotopic (exact) mass is 506 g/mol. The van der Waals surface area contributed by atoms with Gasteiger partial charge in [0.05, 0.1) is 23.4 Å². The van der Waals surface area contributed by atoms with Gasteiger partial charge in [-0.25, -0.2) is 0 Å². The van der Waals surface area contributed by atoms with E-state index in [-0.39, 0.29) is 41.3 Å². The number of esters is 1.